The fraction of sp³-hybridized carbons (Fsp3) is 0.846. The number of hydrogen-bond acceptors (Lipinski definition) is 3. The minimum absolute atomic E-state index is 0.0359. The smallest absolute Gasteiger partial charge is 0.307 e. The lowest BCUT2D eigenvalue weighted by molar-refractivity contribution is -0.142. The number of carbonyl (C=O) groups excluding carboxylic acids is 1. The average molecular weight is 258 g/mol. The molecule has 1 amide bonds. The third-order valence-electron chi connectivity index (χ3n) is 3.10. The number of carbonyl (C=O) groups is 2. The third kappa shape index (κ3) is 6.59. The van der Waals surface area contributed by atoms with Crippen LogP contribution in [0.5, 0.6) is 0 Å². The first-order valence-electron chi connectivity index (χ1n) is 6.60. The van der Waals surface area contributed by atoms with Crippen LogP contribution in [0.15, 0.2) is 0 Å². The fourth-order valence-electron chi connectivity index (χ4n) is 1.60. The van der Waals surface area contributed by atoms with Crippen LogP contribution in [0.25, 0.3) is 0 Å². The van der Waals surface area contributed by atoms with Gasteiger partial charge in [0.05, 0.1) is 12.0 Å². The number of carboxylic acids is 1. The highest BCUT2D eigenvalue weighted by atomic mass is 16.4. The van der Waals surface area contributed by atoms with Gasteiger partial charge in [-0.15, -0.1) is 0 Å². The first-order chi connectivity index (χ1) is 8.40. The van der Waals surface area contributed by atoms with Crippen LogP contribution in [0.4, 0.5) is 0 Å². The molecule has 5 heteroatoms. The number of amides is 1. The number of hydrogen-bond donors (Lipinski definition) is 2. The number of unbranched alkanes of at least 4 members (excludes halogenated alkanes) is 2. The van der Waals surface area contributed by atoms with E-state index in [4.69, 9.17) is 5.11 Å². The average Bonchev–Trinajstić information content (AvgIpc) is 2.33. The van der Waals surface area contributed by atoms with E-state index in [0.717, 1.165) is 19.3 Å². The highest BCUT2D eigenvalue weighted by Crippen LogP contribution is 2.03. The van der Waals surface area contributed by atoms with Gasteiger partial charge in [-0.1, -0.05) is 26.7 Å². The van der Waals surface area contributed by atoms with Crippen LogP contribution in [-0.2, 0) is 9.59 Å². The Labute approximate surface area is 110 Å². The summed E-state index contributed by atoms with van der Waals surface area (Å²) >= 11 is 0. The van der Waals surface area contributed by atoms with Gasteiger partial charge in [0.25, 0.3) is 0 Å². The van der Waals surface area contributed by atoms with Gasteiger partial charge in [0, 0.05) is 13.1 Å². The summed E-state index contributed by atoms with van der Waals surface area (Å²) in [6.07, 6.45) is 3.23. The van der Waals surface area contributed by atoms with Crippen molar-refractivity contribution in [1.82, 2.24) is 10.2 Å². The van der Waals surface area contributed by atoms with E-state index >= 15 is 0 Å². The Morgan fingerprint density at radius 2 is 1.89 bits per heavy atom. The predicted molar refractivity (Wildman–Crippen MR) is 71.4 cm³/mol. The van der Waals surface area contributed by atoms with Crippen LogP contribution >= 0.6 is 0 Å². The van der Waals surface area contributed by atoms with Gasteiger partial charge in [-0.25, -0.2) is 0 Å². The number of rotatable bonds is 9. The molecule has 2 N–H and O–H groups in total. The Morgan fingerprint density at radius 1 is 1.28 bits per heavy atom. The topological polar surface area (TPSA) is 69.6 Å². The summed E-state index contributed by atoms with van der Waals surface area (Å²) in [6.45, 7) is 6.62. The quantitative estimate of drug-likeness (QED) is 0.612. The largest absolute Gasteiger partial charge is 0.481 e. The fourth-order valence-corrected chi connectivity index (χ4v) is 1.60. The van der Waals surface area contributed by atoms with E-state index in [2.05, 4.69) is 12.2 Å². The maximum absolute atomic E-state index is 11.8. The van der Waals surface area contributed by atoms with E-state index < -0.39 is 11.9 Å². The summed E-state index contributed by atoms with van der Waals surface area (Å²) in [5.74, 6) is -1.34. The second-order valence-corrected chi connectivity index (χ2v) is 4.85. The molecule has 0 aromatic rings. The van der Waals surface area contributed by atoms with Gasteiger partial charge in [-0.2, -0.15) is 0 Å². The summed E-state index contributed by atoms with van der Waals surface area (Å²) < 4.78 is 0. The molecule has 0 saturated heterocycles. The molecule has 0 saturated carbocycles. The second kappa shape index (κ2) is 8.91. The minimum Gasteiger partial charge on any atom is -0.481 e. The van der Waals surface area contributed by atoms with Gasteiger partial charge in [0.15, 0.2) is 0 Å². The molecule has 2 unspecified atom stereocenters. The third-order valence-corrected chi connectivity index (χ3v) is 3.10. The van der Waals surface area contributed by atoms with Crippen molar-refractivity contribution < 1.29 is 14.7 Å². The standard InChI is InChI=1S/C13H26N2O3/c1-5-6-7-8-14-12(16)11(3)15(4)9-10(2)13(17)18/h10-11H,5-9H2,1-4H3,(H,14,16)(H,17,18). The van der Waals surface area contributed by atoms with Crippen molar-refractivity contribution in [2.75, 3.05) is 20.1 Å². The molecular weight excluding hydrogens is 232 g/mol. The van der Waals surface area contributed by atoms with Crippen LogP contribution in [-0.4, -0.2) is 48.1 Å². The van der Waals surface area contributed by atoms with Crippen molar-refractivity contribution in [1.29, 1.82) is 0 Å². The maximum atomic E-state index is 11.8. The molecule has 0 radical (unpaired) electrons. The summed E-state index contributed by atoms with van der Waals surface area (Å²) in [5, 5.41) is 11.7. The normalized spacial score (nSPS) is 14.3. The second-order valence-electron chi connectivity index (χ2n) is 4.85. The molecule has 2 atom stereocenters. The summed E-state index contributed by atoms with van der Waals surface area (Å²) in [5.41, 5.74) is 0. The predicted octanol–water partition coefficient (Wildman–Crippen LogP) is 1.33. The monoisotopic (exact) mass is 258 g/mol. The molecule has 18 heavy (non-hydrogen) atoms. The molecule has 0 aliphatic rings. The molecule has 0 aliphatic heterocycles. The Hall–Kier alpha value is -1.10. The van der Waals surface area contributed by atoms with E-state index in [9.17, 15) is 9.59 Å². The molecule has 0 heterocycles. The van der Waals surface area contributed by atoms with E-state index in [0.29, 0.717) is 13.1 Å². The molecule has 0 aromatic heterocycles. The van der Waals surface area contributed by atoms with Crippen molar-refractivity contribution in [3.63, 3.8) is 0 Å². The number of carboxylic acid groups (broad SMARTS) is 1. The van der Waals surface area contributed by atoms with Crippen molar-refractivity contribution in [2.24, 2.45) is 5.92 Å². The lowest BCUT2D eigenvalue weighted by Crippen LogP contribution is -2.45. The lowest BCUT2D eigenvalue weighted by Gasteiger charge is -2.25. The van der Waals surface area contributed by atoms with Crippen molar-refractivity contribution >= 4 is 11.9 Å². The van der Waals surface area contributed by atoms with Gasteiger partial charge in [-0.05, 0) is 20.4 Å². The van der Waals surface area contributed by atoms with Crippen molar-refractivity contribution in [2.45, 2.75) is 46.1 Å². The van der Waals surface area contributed by atoms with E-state index in [1.165, 1.54) is 0 Å². The van der Waals surface area contributed by atoms with Gasteiger partial charge < -0.3 is 10.4 Å². The van der Waals surface area contributed by atoms with Gasteiger partial charge in [-0.3, -0.25) is 14.5 Å². The Morgan fingerprint density at radius 3 is 2.39 bits per heavy atom. The Kier molecular flexibility index (Phi) is 8.37. The first kappa shape index (κ1) is 16.9. The molecule has 0 fully saturated rings. The molecule has 0 aliphatic carbocycles. The molecule has 5 nitrogen and oxygen atoms in total. The summed E-state index contributed by atoms with van der Waals surface area (Å²) in [4.78, 5) is 24.3. The molecule has 106 valence electrons. The molecule has 0 bridgehead atoms. The van der Waals surface area contributed by atoms with Crippen LogP contribution in [0, 0.1) is 5.92 Å². The zero-order chi connectivity index (χ0) is 14.1. The van der Waals surface area contributed by atoms with Crippen LogP contribution in [0.1, 0.15) is 40.0 Å². The Balaban J connectivity index is 4.00. The number of likely N-dealkylation sites (N-methyl/N-ethyl adjacent to an activating group) is 1. The number of nitrogens with one attached hydrogen (secondary N) is 1. The van der Waals surface area contributed by atoms with Gasteiger partial charge in [0.2, 0.25) is 5.91 Å². The van der Waals surface area contributed by atoms with E-state index in [1.54, 1.807) is 25.8 Å². The highest BCUT2D eigenvalue weighted by Gasteiger charge is 2.21. The van der Waals surface area contributed by atoms with E-state index in [-0.39, 0.29) is 11.9 Å². The lowest BCUT2D eigenvalue weighted by atomic mass is 10.1. The summed E-state index contributed by atoms with van der Waals surface area (Å²) in [6, 6.07) is -0.298. The van der Waals surface area contributed by atoms with Crippen molar-refractivity contribution in [3.05, 3.63) is 0 Å². The van der Waals surface area contributed by atoms with Crippen LogP contribution in [0.2, 0.25) is 0 Å². The molecular formula is C13H26N2O3. The first-order valence-corrected chi connectivity index (χ1v) is 6.60. The maximum Gasteiger partial charge on any atom is 0.307 e. The van der Waals surface area contributed by atoms with Crippen molar-refractivity contribution in [3.8, 4) is 0 Å². The highest BCUT2D eigenvalue weighted by molar-refractivity contribution is 5.81. The van der Waals surface area contributed by atoms with Crippen LogP contribution < -0.4 is 5.32 Å². The van der Waals surface area contributed by atoms with Gasteiger partial charge >= 0.3 is 5.97 Å². The van der Waals surface area contributed by atoms with Crippen LogP contribution in [0.3, 0.4) is 0 Å². The molecule has 0 spiro atoms. The molecule has 0 rings (SSSR count). The number of nitrogens with zero attached hydrogens (tertiary/aromatic N) is 1. The van der Waals surface area contributed by atoms with E-state index in [1.807, 2.05) is 0 Å². The zero-order valence-corrected chi connectivity index (χ0v) is 11.9. The number of aliphatic carboxylic acids is 1. The molecule has 0 aromatic carbocycles. The minimum atomic E-state index is -0.836. The Bertz CT molecular complexity index is 269. The van der Waals surface area contributed by atoms with Gasteiger partial charge in [0.1, 0.15) is 0 Å². The zero-order valence-electron chi connectivity index (χ0n) is 11.9. The SMILES string of the molecule is CCCCCNC(=O)C(C)N(C)CC(C)C(=O)O. The summed E-state index contributed by atoms with van der Waals surface area (Å²) in [7, 11) is 1.77.